The Morgan fingerprint density at radius 1 is 1.27 bits per heavy atom. The number of aliphatic carboxylic acids is 1. The molecule has 0 aliphatic carbocycles. The Balaban J connectivity index is 2.10. The van der Waals surface area contributed by atoms with E-state index in [9.17, 15) is 9.90 Å². The Kier molecular flexibility index (Phi) is 3.89. The summed E-state index contributed by atoms with van der Waals surface area (Å²) in [6.45, 7) is 2.56. The molecule has 1 saturated heterocycles. The molecule has 0 saturated carbocycles. The molecule has 0 bridgehead atoms. The van der Waals surface area contributed by atoms with Crippen LogP contribution >= 0.6 is 0 Å². The zero-order valence-corrected chi connectivity index (χ0v) is 12.9. The van der Waals surface area contributed by atoms with Crippen molar-refractivity contribution in [2.24, 2.45) is 0 Å². The van der Waals surface area contributed by atoms with Gasteiger partial charge in [0.15, 0.2) is 0 Å². The fourth-order valence-electron chi connectivity index (χ4n) is 3.46. The second kappa shape index (κ2) is 5.71. The first-order valence-electron chi connectivity index (χ1n) is 7.56. The largest absolute Gasteiger partial charge is 0.481 e. The van der Waals surface area contributed by atoms with Crippen LogP contribution < -0.4 is 5.32 Å². The molecule has 0 amide bonds. The van der Waals surface area contributed by atoms with Crippen molar-refractivity contribution >= 4 is 16.7 Å². The third-order valence-corrected chi connectivity index (χ3v) is 4.88. The number of methoxy groups -OCH3 is 1. The Bertz CT molecular complexity index is 700. The number of nitrogens with one attached hydrogen (secondary N) is 1. The summed E-state index contributed by atoms with van der Waals surface area (Å²) in [5.41, 5.74) is -0.221. The minimum atomic E-state index is -1.03. The Morgan fingerprint density at radius 3 is 2.68 bits per heavy atom. The number of fused-ring (bicyclic) bond motifs is 1. The summed E-state index contributed by atoms with van der Waals surface area (Å²) in [7, 11) is 1.65. The molecule has 2 aromatic rings. The Labute approximate surface area is 130 Å². The molecule has 4 heteroatoms. The maximum Gasteiger partial charge on any atom is 0.315 e. The highest BCUT2D eigenvalue weighted by Crippen LogP contribution is 2.35. The molecule has 1 aliphatic rings. The number of ether oxygens (including phenoxy) is 1. The summed E-state index contributed by atoms with van der Waals surface area (Å²) in [6.07, 6.45) is 0.741. The van der Waals surface area contributed by atoms with Crippen LogP contribution in [-0.4, -0.2) is 36.9 Å². The van der Waals surface area contributed by atoms with Gasteiger partial charge in [-0.25, -0.2) is 0 Å². The smallest absolute Gasteiger partial charge is 0.315 e. The van der Waals surface area contributed by atoms with Crippen LogP contribution in [0, 0.1) is 0 Å². The van der Waals surface area contributed by atoms with E-state index in [1.54, 1.807) is 14.0 Å². The second-order valence-electron chi connectivity index (χ2n) is 6.06. The molecule has 0 spiro atoms. The average molecular weight is 299 g/mol. The molecular formula is C18H21NO3. The van der Waals surface area contributed by atoms with Crippen LogP contribution in [0.4, 0.5) is 0 Å². The van der Waals surface area contributed by atoms with E-state index in [0.717, 1.165) is 29.3 Å². The van der Waals surface area contributed by atoms with E-state index in [-0.39, 0.29) is 12.1 Å². The van der Waals surface area contributed by atoms with Gasteiger partial charge >= 0.3 is 5.97 Å². The van der Waals surface area contributed by atoms with Crippen LogP contribution in [0.1, 0.15) is 18.9 Å². The summed E-state index contributed by atoms with van der Waals surface area (Å²) >= 11 is 0. The molecule has 0 unspecified atom stereocenters. The van der Waals surface area contributed by atoms with Crippen LogP contribution in [0.25, 0.3) is 10.8 Å². The van der Waals surface area contributed by atoms with Gasteiger partial charge in [-0.2, -0.15) is 0 Å². The lowest BCUT2D eigenvalue weighted by Crippen LogP contribution is -2.53. The summed E-state index contributed by atoms with van der Waals surface area (Å²) in [4.78, 5) is 12.1. The second-order valence-corrected chi connectivity index (χ2v) is 6.06. The van der Waals surface area contributed by atoms with Crippen LogP contribution in [0.5, 0.6) is 0 Å². The van der Waals surface area contributed by atoms with Gasteiger partial charge in [0.25, 0.3) is 0 Å². The van der Waals surface area contributed by atoms with Crippen molar-refractivity contribution < 1.29 is 14.6 Å². The van der Waals surface area contributed by atoms with Crippen LogP contribution in [0.3, 0.4) is 0 Å². The molecule has 0 radical (unpaired) electrons. The summed E-state index contributed by atoms with van der Waals surface area (Å²) in [6, 6.07) is 13.6. The van der Waals surface area contributed by atoms with Gasteiger partial charge < -0.3 is 15.2 Å². The van der Waals surface area contributed by atoms with Gasteiger partial charge in [-0.15, -0.1) is 0 Å². The van der Waals surface area contributed by atoms with E-state index in [0.29, 0.717) is 0 Å². The molecule has 4 nitrogen and oxygen atoms in total. The van der Waals surface area contributed by atoms with E-state index in [1.165, 1.54) is 0 Å². The fraction of sp³-hybridized carbons (Fsp3) is 0.389. The number of hydrogen-bond acceptors (Lipinski definition) is 3. The third-order valence-electron chi connectivity index (χ3n) is 4.88. The number of carboxylic acid groups (broad SMARTS) is 1. The van der Waals surface area contributed by atoms with Gasteiger partial charge in [-0.3, -0.25) is 4.79 Å². The lowest BCUT2D eigenvalue weighted by molar-refractivity contribution is -0.145. The quantitative estimate of drug-likeness (QED) is 0.911. The van der Waals surface area contributed by atoms with Gasteiger partial charge in [0.1, 0.15) is 5.41 Å². The molecule has 22 heavy (non-hydrogen) atoms. The minimum absolute atomic E-state index is 0.0902. The summed E-state index contributed by atoms with van der Waals surface area (Å²) in [5.74, 6) is -0.829. The molecule has 1 aliphatic heterocycles. The number of carbonyl (C=O) groups is 1. The normalized spacial score (nSPS) is 24.3. The number of hydrogen-bond donors (Lipinski definition) is 2. The predicted molar refractivity (Wildman–Crippen MR) is 86.1 cm³/mol. The first-order valence-corrected chi connectivity index (χ1v) is 7.56. The van der Waals surface area contributed by atoms with Gasteiger partial charge in [-0.05, 0) is 42.3 Å². The monoisotopic (exact) mass is 299 g/mol. The SMILES string of the molecule is CO[C@@H]1CCN[C@@H]1[C@@](C)(C(=O)O)c1ccc2ccccc2c1. The van der Waals surface area contributed by atoms with Crippen molar-refractivity contribution in [2.75, 3.05) is 13.7 Å². The van der Waals surface area contributed by atoms with Crippen molar-refractivity contribution in [3.63, 3.8) is 0 Å². The topological polar surface area (TPSA) is 58.6 Å². The number of benzene rings is 2. The van der Waals surface area contributed by atoms with E-state index in [2.05, 4.69) is 5.32 Å². The van der Waals surface area contributed by atoms with Gasteiger partial charge in [-0.1, -0.05) is 36.4 Å². The van der Waals surface area contributed by atoms with Crippen LogP contribution in [0.15, 0.2) is 42.5 Å². The lowest BCUT2D eigenvalue weighted by atomic mass is 9.74. The molecule has 3 atom stereocenters. The first kappa shape index (κ1) is 15.0. The van der Waals surface area contributed by atoms with E-state index in [4.69, 9.17) is 4.74 Å². The molecule has 2 N–H and O–H groups in total. The van der Waals surface area contributed by atoms with E-state index in [1.807, 2.05) is 42.5 Å². The molecular weight excluding hydrogens is 278 g/mol. The highest BCUT2D eigenvalue weighted by atomic mass is 16.5. The average Bonchev–Trinajstić information content (AvgIpc) is 3.02. The zero-order chi connectivity index (χ0) is 15.7. The van der Waals surface area contributed by atoms with Crippen LogP contribution in [-0.2, 0) is 14.9 Å². The highest BCUT2D eigenvalue weighted by Gasteiger charge is 2.48. The molecule has 1 heterocycles. The molecule has 116 valence electrons. The maximum absolute atomic E-state index is 12.1. The van der Waals surface area contributed by atoms with Crippen molar-refractivity contribution in [2.45, 2.75) is 30.9 Å². The summed E-state index contributed by atoms with van der Waals surface area (Å²) < 4.78 is 5.50. The van der Waals surface area contributed by atoms with Gasteiger partial charge in [0.2, 0.25) is 0 Å². The fourth-order valence-corrected chi connectivity index (χ4v) is 3.46. The van der Waals surface area contributed by atoms with Gasteiger partial charge in [0.05, 0.1) is 12.1 Å². The van der Waals surface area contributed by atoms with Crippen molar-refractivity contribution in [3.8, 4) is 0 Å². The molecule has 3 rings (SSSR count). The predicted octanol–water partition coefficient (Wildman–Crippen LogP) is 2.56. The number of rotatable bonds is 4. The molecule has 0 aromatic heterocycles. The molecule has 2 aromatic carbocycles. The maximum atomic E-state index is 12.1. The van der Waals surface area contributed by atoms with E-state index >= 15 is 0 Å². The van der Waals surface area contributed by atoms with Crippen molar-refractivity contribution in [1.82, 2.24) is 5.32 Å². The standard InChI is InChI=1S/C18H21NO3/c1-18(17(20)21,16-15(22-2)9-10-19-16)14-8-7-12-5-3-4-6-13(12)11-14/h3-8,11,15-16,19H,9-10H2,1-2H3,(H,20,21)/t15-,16+,18+/m1/s1. The zero-order valence-electron chi connectivity index (χ0n) is 12.9. The van der Waals surface area contributed by atoms with Gasteiger partial charge in [0, 0.05) is 7.11 Å². The lowest BCUT2D eigenvalue weighted by Gasteiger charge is -2.35. The minimum Gasteiger partial charge on any atom is -0.481 e. The van der Waals surface area contributed by atoms with Crippen molar-refractivity contribution in [3.05, 3.63) is 48.0 Å². The van der Waals surface area contributed by atoms with Crippen LogP contribution in [0.2, 0.25) is 0 Å². The van der Waals surface area contributed by atoms with Crippen molar-refractivity contribution in [1.29, 1.82) is 0 Å². The number of carboxylic acids is 1. The third kappa shape index (κ3) is 2.28. The highest BCUT2D eigenvalue weighted by molar-refractivity contribution is 5.87. The Morgan fingerprint density at radius 2 is 2.00 bits per heavy atom. The summed E-state index contributed by atoms with van der Waals surface area (Å²) in [5, 5.41) is 15.4. The molecule has 1 fully saturated rings. The van der Waals surface area contributed by atoms with E-state index < -0.39 is 11.4 Å². The Hall–Kier alpha value is -1.91. The first-order chi connectivity index (χ1) is 10.6.